The van der Waals surface area contributed by atoms with Gasteiger partial charge in [-0.2, -0.15) is 0 Å². The number of hydrogen-bond donors (Lipinski definition) is 2. The summed E-state index contributed by atoms with van der Waals surface area (Å²) >= 11 is 0. The standard InChI is InChI=1S/C8H8O2.HO3P/c1-7(9)10-8-5-3-2-4-6-8;1-4(2)3/h2-6H,1H3;(H-,1,2,3)/p+1. The number of hydrogen-bond acceptors (Lipinski definition) is 3. The van der Waals surface area contributed by atoms with Gasteiger partial charge in [-0.05, 0) is 12.1 Å². The monoisotopic (exact) mass is 217 g/mol. The van der Waals surface area contributed by atoms with Crippen LogP contribution in [0, 0.1) is 0 Å². The maximum Gasteiger partial charge on any atom is 0.692 e. The summed E-state index contributed by atoms with van der Waals surface area (Å²) in [6.07, 6.45) is 0. The lowest BCUT2D eigenvalue weighted by Crippen LogP contribution is -2.00. The van der Waals surface area contributed by atoms with Crippen molar-refractivity contribution in [3.05, 3.63) is 30.3 Å². The predicted octanol–water partition coefficient (Wildman–Crippen LogP) is 1.24. The molecule has 5 nitrogen and oxygen atoms in total. The first kappa shape index (κ1) is 12.7. The highest BCUT2D eigenvalue weighted by atomic mass is 31.1. The fourth-order valence-corrected chi connectivity index (χ4v) is 0.655. The summed E-state index contributed by atoms with van der Waals surface area (Å²) in [4.78, 5) is 24.6. The maximum absolute atomic E-state index is 10.4. The lowest BCUT2D eigenvalue weighted by atomic mass is 10.3. The van der Waals surface area contributed by atoms with E-state index in [1.807, 2.05) is 18.2 Å². The van der Waals surface area contributed by atoms with E-state index in [4.69, 9.17) is 19.1 Å². The number of carbonyl (C=O) groups is 1. The number of para-hydroxylation sites is 1. The van der Waals surface area contributed by atoms with Crippen molar-refractivity contribution >= 4 is 14.2 Å². The molecule has 14 heavy (non-hydrogen) atoms. The Kier molecular flexibility index (Phi) is 6.49. The molecule has 76 valence electrons. The van der Waals surface area contributed by atoms with E-state index in [1.54, 1.807) is 12.1 Å². The van der Waals surface area contributed by atoms with Crippen molar-refractivity contribution in [2.45, 2.75) is 6.92 Å². The molecule has 0 unspecified atom stereocenters. The second-order valence-corrected chi connectivity index (χ2v) is 2.66. The van der Waals surface area contributed by atoms with Gasteiger partial charge in [0.2, 0.25) is 0 Å². The molecule has 0 spiro atoms. The lowest BCUT2D eigenvalue weighted by Gasteiger charge is -1.97. The predicted molar refractivity (Wildman–Crippen MR) is 49.8 cm³/mol. The van der Waals surface area contributed by atoms with E-state index in [0.29, 0.717) is 5.75 Å². The van der Waals surface area contributed by atoms with Crippen LogP contribution in [0.25, 0.3) is 0 Å². The van der Waals surface area contributed by atoms with Gasteiger partial charge in [-0.1, -0.05) is 18.2 Å². The Morgan fingerprint density at radius 3 is 2.07 bits per heavy atom. The van der Waals surface area contributed by atoms with Crippen LogP contribution in [0.15, 0.2) is 30.3 Å². The molecular weight excluding hydrogens is 207 g/mol. The van der Waals surface area contributed by atoms with Crippen molar-refractivity contribution in [3.63, 3.8) is 0 Å². The molecule has 0 aliphatic carbocycles. The molecular formula is C8H10O5P+. The number of rotatable bonds is 1. The summed E-state index contributed by atoms with van der Waals surface area (Å²) < 4.78 is 13.5. The Labute approximate surface area is 81.9 Å². The SMILES string of the molecule is CC(=O)Oc1ccccc1.O=[P+](O)O. The molecule has 0 aromatic heterocycles. The molecule has 1 rings (SSSR count). The minimum atomic E-state index is -2.87. The van der Waals surface area contributed by atoms with Crippen LogP contribution in [0.2, 0.25) is 0 Å². The Morgan fingerprint density at radius 1 is 1.29 bits per heavy atom. The zero-order valence-corrected chi connectivity index (χ0v) is 8.35. The van der Waals surface area contributed by atoms with Crippen LogP contribution in [0.1, 0.15) is 6.92 Å². The van der Waals surface area contributed by atoms with E-state index in [-0.39, 0.29) is 5.97 Å². The molecule has 0 fully saturated rings. The van der Waals surface area contributed by atoms with Crippen LogP contribution in [0.4, 0.5) is 0 Å². The van der Waals surface area contributed by atoms with Gasteiger partial charge in [-0.3, -0.25) is 4.79 Å². The highest BCUT2D eigenvalue weighted by molar-refractivity contribution is 7.30. The van der Waals surface area contributed by atoms with Crippen molar-refractivity contribution in [2.24, 2.45) is 0 Å². The summed E-state index contributed by atoms with van der Waals surface area (Å²) in [5.41, 5.74) is 0. The van der Waals surface area contributed by atoms with Crippen molar-refractivity contribution < 1.29 is 23.9 Å². The fraction of sp³-hybridized carbons (Fsp3) is 0.125. The van der Waals surface area contributed by atoms with E-state index < -0.39 is 8.25 Å². The van der Waals surface area contributed by atoms with E-state index in [2.05, 4.69) is 0 Å². The molecule has 1 aromatic rings. The Balaban J connectivity index is 0.000000364. The molecule has 2 N–H and O–H groups in total. The molecule has 0 aliphatic rings. The minimum Gasteiger partial charge on any atom is -0.427 e. The highest BCUT2D eigenvalue weighted by Crippen LogP contribution is 2.07. The molecule has 0 bridgehead atoms. The van der Waals surface area contributed by atoms with E-state index in [1.165, 1.54) is 6.92 Å². The second kappa shape index (κ2) is 7.15. The summed E-state index contributed by atoms with van der Waals surface area (Å²) in [6, 6.07) is 8.98. The Hall–Kier alpha value is -1.29. The molecule has 0 saturated carbocycles. The largest absolute Gasteiger partial charge is 0.692 e. The maximum atomic E-state index is 10.4. The van der Waals surface area contributed by atoms with Gasteiger partial charge < -0.3 is 4.74 Å². The fourth-order valence-electron chi connectivity index (χ4n) is 0.655. The summed E-state index contributed by atoms with van der Waals surface area (Å²) in [6.45, 7) is 1.38. The van der Waals surface area contributed by atoms with Gasteiger partial charge in [0.1, 0.15) is 5.75 Å². The van der Waals surface area contributed by atoms with Crippen molar-refractivity contribution in [1.82, 2.24) is 0 Å². The normalized spacial score (nSPS) is 8.21. The number of carbonyl (C=O) groups excluding carboxylic acids is 1. The van der Waals surface area contributed by atoms with Gasteiger partial charge in [0.25, 0.3) is 0 Å². The molecule has 6 heteroatoms. The van der Waals surface area contributed by atoms with Gasteiger partial charge >= 0.3 is 14.2 Å². The molecule has 0 saturated heterocycles. The first-order valence-corrected chi connectivity index (χ1v) is 4.77. The third-order valence-corrected chi connectivity index (χ3v) is 1.00. The Morgan fingerprint density at radius 2 is 1.71 bits per heavy atom. The second-order valence-electron chi connectivity index (χ2n) is 2.16. The van der Waals surface area contributed by atoms with E-state index in [0.717, 1.165) is 0 Å². The average Bonchev–Trinajstić information content (AvgIpc) is 2.03. The highest BCUT2D eigenvalue weighted by Gasteiger charge is 1.93. The Bertz CT molecular complexity index is 294. The van der Waals surface area contributed by atoms with Crippen molar-refractivity contribution in [3.8, 4) is 5.75 Å². The van der Waals surface area contributed by atoms with Crippen LogP contribution in [0.3, 0.4) is 0 Å². The van der Waals surface area contributed by atoms with Gasteiger partial charge in [-0.15, -0.1) is 9.79 Å². The number of benzene rings is 1. The molecule has 0 heterocycles. The van der Waals surface area contributed by atoms with E-state index >= 15 is 0 Å². The van der Waals surface area contributed by atoms with Crippen LogP contribution >= 0.6 is 8.25 Å². The molecule has 0 atom stereocenters. The average molecular weight is 217 g/mol. The number of esters is 1. The van der Waals surface area contributed by atoms with Crippen LogP contribution in [0.5, 0.6) is 5.75 Å². The molecule has 0 amide bonds. The summed E-state index contributed by atoms with van der Waals surface area (Å²) in [5.74, 6) is 0.307. The lowest BCUT2D eigenvalue weighted by molar-refractivity contribution is -0.131. The first-order chi connectivity index (χ1) is 6.52. The van der Waals surface area contributed by atoms with Gasteiger partial charge in [0.15, 0.2) is 0 Å². The van der Waals surface area contributed by atoms with Gasteiger partial charge in [0, 0.05) is 11.5 Å². The molecule has 0 aliphatic heterocycles. The van der Waals surface area contributed by atoms with Gasteiger partial charge in [0.05, 0.1) is 0 Å². The number of ether oxygens (including phenoxy) is 1. The first-order valence-electron chi connectivity index (χ1n) is 3.61. The smallest absolute Gasteiger partial charge is 0.427 e. The topological polar surface area (TPSA) is 83.8 Å². The van der Waals surface area contributed by atoms with Crippen LogP contribution in [-0.2, 0) is 9.36 Å². The van der Waals surface area contributed by atoms with E-state index in [9.17, 15) is 4.79 Å². The molecule has 1 aromatic carbocycles. The minimum absolute atomic E-state index is 0.286. The quantitative estimate of drug-likeness (QED) is 0.420. The van der Waals surface area contributed by atoms with Crippen LogP contribution < -0.4 is 4.74 Å². The van der Waals surface area contributed by atoms with Crippen molar-refractivity contribution in [2.75, 3.05) is 0 Å². The van der Waals surface area contributed by atoms with Crippen LogP contribution in [-0.4, -0.2) is 15.8 Å². The van der Waals surface area contributed by atoms with Gasteiger partial charge in [-0.25, -0.2) is 0 Å². The summed E-state index contributed by atoms with van der Waals surface area (Å²) in [7, 11) is -2.87. The molecule has 0 radical (unpaired) electrons. The zero-order valence-electron chi connectivity index (χ0n) is 7.45. The summed E-state index contributed by atoms with van der Waals surface area (Å²) in [5, 5.41) is 0. The third kappa shape index (κ3) is 8.80. The zero-order chi connectivity index (χ0) is 11.0. The van der Waals surface area contributed by atoms with Crippen molar-refractivity contribution in [1.29, 1.82) is 0 Å². The third-order valence-electron chi connectivity index (χ3n) is 1.00.